The molecular weight excluding hydrogens is 218 g/mol. The largest absolute Gasteiger partial charge is 0.492 e. The molecule has 5 nitrogen and oxygen atoms in total. The maximum Gasteiger partial charge on any atom is 0.234 e. The van der Waals surface area contributed by atoms with Crippen LogP contribution in [0.2, 0.25) is 0 Å². The van der Waals surface area contributed by atoms with Gasteiger partial charge in [-0.2, -0.15) is 0 Å². The Balaban J connectivity index is 1.74. The van der Waals surface area contributed by atoms with E-state index in [-0.39, 0.29) is 5.91 Å². The highest BCUT2D eigenvalue weighted by Gasteiger charge is 2.15. The summed E-state index contributed by atoms with van der Waals surface area (Å²) in [5, 5.41) is 2.79. The number of nitrogen functional groups attached to an aromatic ring is 1. The van der Waals surface area contributed by atoms with Crippen molar-refractivity contribution in [3.63, 3.8) is 0 Å². The molecule has 1 aromatic carbocycles. The van der Waals surface area contributed by atoms with E-state index in [1.807, 2.05) is 18.2 Å². The van der Waals surface area contributed by atoms with Crippen LogP contribution < -0.4 is 15.8 Å². The molecule has 3 N–H and O–H groups in total. The summed E-state index contributed by atoms with van der Waals surface area (Å²) < 4.78 is 5.57. The van der Waals surface area contributed by atoms with Gasteiger partial charge in [0.15, 0.2) is 0 Å². The number of nitrogens with one attached hydrogen (secondary N) is 1. The number of carbonyl (C=O) groups excluding carboxylic acids is 1. The minimum absolute atomic E-state index is 0.0835. The van der Waals surface area contributed by atoms with Crippen molar-refractivity contribution in [1.82, 2.24) is 10.2 Å². The first-order valence-electron chi connectivity index (χ1n) is 5.71. The van der Waals surface area contributed by atoms with Gasteiger partial charge >= 0.3 is 0 Å². The van der Waals surface area contributed by atoms with Gasteiger partial charge < -0.3 is 15.8 Å². The van der Waals surface area contributed by atoms with Crippen molar-refractivity contribution in [1.29, 1.82) is 0 Å². The Morgan fingerprint density at radius 3 is 3.12 bits per heavy atom. The number of piperazine rings is 1. The lowest BCUT2D eigenvalue weighted by atomic mass is 10.3. The Labute approximate surface area is 101 Å². The number of hydrogen-bond donors (Lipinski definition) is 2. The van der Waals surface area contributed by atoms with Crippen molar-refractivity contribution in [3.8, 4) is 5.75 Å². The maximum atomic E-state index is 11.1. The smallest absolute Gasteiger partial charge is 0.234 e. The van der Waals surface area contributed by atoms with E-state index in [0.717, 1.165) is 25.4 Å². The summed E-state index contributed by atoms with van der Waals surface area (Å²) in [6.07, 6.45) is 0. The lowest BCUT2D eigenvalue weighted by Gasteiger charge is -2.26. The summed E-state index contributed by atoms with van der Waals surface area (Å²) in [4.78, 5) is 13.2. The number of nitrogens with two attached hydrogens (primary N) is 1. The Morgan fingerprint density at radius 1 is 1.47 bits per heavy atom. The van der Waals surface area contributed by atoms with E-state index >= 15 is 0 Å². The molecule has 92 valence electrons. The number of ether oxygens (including phenoxy) is 1. The van der Waals surface area contributed by atoms with Gasteiger partial charge in [-0.3, -0.25) is 9.69 Å². The predicted octanol–water partition coefficient (Wildman–Crippen LogP) is 0.0794. The molecule has 1 aliphatic rings. The fourth-order valence-electron chi connectivity index (χ4n) is 1.78. The van der Waals surface area contributed by atoms with Crippen molar-refractivity contribution in [2.75, 3.05) is 38.5 Å². The van der Waals surface area contributed by atoms with Gasteiger partial charge in [-0.25, -0.2) is 0 Å². The van der Waals surface area contributed by atoms with Crippen molar-refractivity contribution in [3.05, 3.63) is 24.3 Å². The van der Waals surface area contributed by atoms with Gasteiger partial charge in [0.25, 0.3) is 0 Å². The third-order valence-electron chi connectivity index (χ3n) is 2.65. The third kappa shape index (κ3) is 3.64. The van der Waals surface area contributed by atoms with Gasteiger partial charge in [0, 0.05) is 31.4 Å². The topological polar surface area (TPSA) is 67.6 Å². The van der Waals surface area contributed by atoms with E-state index in [2.05, 4.69) is 10.2 Å². The lowest BCUT2D eigenvalue weighted by Crippen LogP contribution is -2.48. The number of rotatable bonds is 4. The van der Waals surface area contributed by atoms with Crippen molar-refractivity contribution < 1.29 is 9.53 Å². The monoisotopic (exact) mass is 235 g/mol. The molecule has 0 bridgehead atoms. The second kappa shape index (κ2) is 5.54. The van der Waals surface area contributed by atoms with Crippen LogP contribution in [0.5, 0.6) is 5.75 Å². The van der Waals surface area contributed by atoms with Crippen LogP contribution in [0, 0.1) is 0 Å². The van der Waals surface area contributed by atoms with Crippen LogP contribution in [0.4, 0.5) is 5.69 Å². The molecule has 17 heavy (non-hydrogen) atoms. The van der Waals surface area contributed by atoms with Crippen LogP contribution in [-0.4, -0.2) is 43.6 Å². The lowest BCUT2D eigenvalue weighted by molar-refractivity contribution is -0.124. The molecule has 0 aromatic heterocycles. The molecule has 0 spiro atoms. The first-order chi connectivity index (χ1) is 8.24. The molecule has 1 fully saturated rings. The molecule has 0 aliphatic carbocycles. The molecule has 5 heteroatoms. The van der Waals surface area contributed by atoms with Gasteiger partial charge in [0.1, 0.15) is 12.4 Å². The predicted molar refractivity (Wildman–Crippen MR) is 65.8 cm³/mol. The number of anilines is 1. The Bertz CT molecular complexity index is 395. The number of amides is 1. The zero-order valence-electron chi connectivity index (χ0n) is 9.69. The molecule has 1 aliphatic heterocycles. The molecule has 0 radical (unpaired) electrons. The molecule has 2 rings (SSSR count). The van der Waals surface area contributed by atoms with Crippen LogP contribution in [0.1, 0.15) is 0 Å². The normalized spacial score (nSPS) is 16.6. The highest BCUT2D eigenvalue weighted by Crippen LogP contribution is 2.14. The minimum Gasteiger partial charge on any atom is -0.492 e. The summed E-state index contributed by atoms with van der Waals surface area (Å²) in [5.74, 6) is 0.853. The molecule has 1 aromatic rings. The summed E-state index contributed by atoms with van der Waals surface area (Å²) in [6.45, 7) is 3.38. The highest BCUT2D eigenvalue weighted by molar-refractivity contribution is 5.78. The number of nitrogens with zero attached hydrogens (tertiary/aromatic N) is 1. The van der Waals surface area contributed by atoms with Crippen LogP contribution in [-0.2, 0) is 4.79 Å². The Hall–Kier alpha value is -1.75. The summed E-state index contributed by atoms with van der Waals surface area (Å²) >= 11 is 0. The molecule has 0 unspecified atom stereocenters. The first kappa shape index (κ1) is 11.7. The maximum absolute atomic E-state index is 11.1. The molecular formula is C12H17N3O2. The van der Waals surface area contributed by atoms with Crippen LogP contribution in [0.3, 0.4) is 0 Å². The zero-order chi connectivity index (χ0) is 12.1. The van der Waals surface area contributed by atoms with E-state index < -0.39 is 0 Å². The van der Waals surface area contributed by atoms with E-state index in [0.29, 0.717) is 18.8 Å². The Kier molecular flexibility index (Phi) is 3.82. The summed E-state index contributed by atoms with van der Waals surface area (Å²) in [7, 11) is 0. The van der Waals surface area contributed by atoms with E-state index in [4.69, 9.17) is 10.5 Å². The summed E-state index contributed by atoms with van der Waals surface area (Å²) in [6, 6.07) is 7.35. The SMILES string of the molecule is Nc1cccc(OCCN2CCNC(=O)C2)c1. The number of benzene rings is 1. The number of hydrogen-bond acceptors (Lipinski definition) is 4. The first-order valence-corrected chi connectivity index (χ1v) is 5.71. The van der Waals surface area contributed by atoms with Crippen molar-refractivity contribution in [2.24, 2.45) is 0 Å². The van der Waals surface area contributed by atoms with Crippen molar-refractivity contribution in [2.45, 2.75) is 0 Å². The average molecular weight is 235 g/mol. The van der Waals surface area contributed by atoms with Crippen LogP contribution in [0.25, 0.3) is 0 Å². The second-order valence-electron chi connectivity index (χ2n) is 4.05. The fourth-order valence-corrected chi connectivity index (χ4v) is 1.78. The van der Waals surface area contributed by atoms with Gasteiger partial charge in [-0.05, 0) is 12.1 Å². The van der Waals surface area contributed by atoms with E-state index in [1.54, 1.807) is 6.07 Å². The van der Waals surface area contributed by atoms with Gasteiger partial charge in [-0.15, -0.1) is 0 Å². The van der Waals surface area contributed by atoms with Gasteiger partial charge in [0.2, 0.25) is 5.91 Å². The zero-order valence-corrected chi connectivity index (χ0v) is 9.69. The third-order valence-corrected chi connectivity index (χ3v) is 2.65. The van der Waals surface area contributed by atoms with Gasteiger partial charge in [-0.1, -0.05) is 6.07 Å². The molecule has 1 saturated heterocycles. The molecule has 1 heterocycles. The van der Waals surface area contributed by atoms with Crippen LogP contribution in [0.15, 0.2) is 24.3 Å². The molecule has 1 amide bonds. The van der Waals surface area contributed by atoms with E-state index in [1.165, 1.54) is 0 Å². The Morgan fingerprint density at radius 2 is 2.35 bits per heavy atom. The molecule has 0 atom stereocenters. The van der Waals surface area contributed by atoms with Crippen LogP contribution >= 0.6 is 0 Å². The fraction of sp³-hybridized carbons (Fsp3) is 0.417. The minimum atomic E-state index is 0.0835. The molecule has 0 saturated carbocycles. The second-order valence-corrected chi connectivity index (χ2v) is 4.05. The van der Waals surface area contributed by atoms with Gasteiger partial charge in [0.05, 0.1) is 6.54 Å². The van der Waals surface area contributed by atoms with E-state index in [9.17, 15) is 4.79 Å². The van der Waals surface area contributed by atoms with Crippen molar-refractivity contribution >= 4 is 11.6 Å². The number of carbonyl (C=O) groups is 1. The standard InChI is InChI=1S/C12H17N3O2/c13-10-2-1-3-11(8-10)17-7-6-15-5-4-14-12(16)9-15/h1-3,8H,4-7,9,13H2,(H,14,16). The average Bonchev–Trinajstić information content (AvgIpc) is 2.29. The quantitative estimate of drug-likeness (QED) is 0.725. The highest BCUT2D eigenvalue weighted by atomic mass is 16.5. The summed E-state index contributed by atoms with van der Waals surface area (Å²) in [5.41, 5.74) is 6.34.